The summed E-state index contributed by atoms with van der Waals surface area (Å²) in [6.45, 7) is 8.07. The van der Waals surface area contributed by atoms with E-state index in [0.29, 0.717) is 12.4 Å². The predicted octanol–water partition coefficient (Wildman–Crippen LogP) is 5.05. The zero-order valence-corrected chi connectivity index (χ0v) is 20.5. The van der Waals surface area contributed by atoms with Gasteiger partial charge in [-0.15, -0.1) is 6.58 Å². The molecule has 182 valence electrons. The van der Waals surface area contributed by atoms with E-state index in [4.69, 9.17) is 4.74 Å². The van der Waals surface area contributed by atoms with Gasteiger partial charge in [0.1, 0.15) is 24.0 Å². The van der Waals surface area contributed by atoms with Gasteiger partial charge in [0.05, 0.1) is 34.9 Å². The van der Waals surface area contributed by atoms with Crippen LogP contribution in [0.15, 0.2) is 86.0 Å². The molecular weight excluding hydrogens is 450 g/mol. The van der Waals surface area contributed by atoms with Crippen LogP contribution in [0.25, 0.3) is 21.8 Å². The second kappa shape index (κ2) is 10.5. The summed E-state index contributed by atoms with van der Waals surface area (Å²) in [7, 11) is 2.05. The number of likely N-dealkylation sites (N-methyl/N-ethyl adjacent to an activating group) is 1. The molecule has 3 heterocycles. The minimum atomic E-state index is -0.0186. The molecule has 0 amide bonds. The Morgan fingerprint density at radius 1 is 1.11 bits per heavy atom. The van der Waals surface area contributed by atoms with Crippen molar-refractivity contribution in [1.29, 1.82) is 0 Å². The second-order valence-corrected chi connectivity index (χ2v) is 8.83. The van der Waals surface area contributed by atoms with Crippen LogP contribution >= 0.6 is 0 Å². The van der Waals surface area contributed by atoms with E-state index in [1.165, 1.54) is 0 Å². The summed E-state index contributed by atoms with van der Waals surface area (Å²) < 4.78 is 8.29. The molecule has 1 atom stereocenters. The zero-order valence-electron chi connectivity index (χ0n) is 20.5. The molecule has 2 aromatic carbocycles. The van der Waals surface area contributed by atoms with E-state index >= 15 is 0 Å². The molecule has 0 unspecified atom stereocenters. The van der Waals surface area contributed by atoms with Crippen LogP contribution in [-0.2, 0) is 6.54 Å². The first-order chi connectivity index (χ1) is 17.6. The fourth-order valence-corrected chi connectivity index (χ4v) is 4.33. The van der Waals surface area contributed by atoms with E-state index in [0.717, 1.165) is 52.0 Å². The van der Waals surface area contributed by atoms with Crippen LogP contribution < -0.4 is 10.1 Å². The maximum Gasteiger partial charge on any atom is 0.145 e. The summed E-state index contributed by atoms with van der Waals surface area (Å²) >= 11 is 0. The van der Waals surface area contributed by atoms with Crippen molar-refractivity contribution in [2.75, 3.05) is 25.5 Å². The van der Waals surface area contributed by atoms with E-state index < -0.39 is 0 Å². The quantitative estimate of drug-likeness (QED) is 0.281. The predicted molar refractivity (Wildman–Crippen MR) is 144 cm³/mol. The van der Waals surface area contributed by atoms with Crippen LogP contribution in [-0.4, -0.2) is 55.9 Å². The summed E-state index contributed by atoms with van der Waals surface area (Å²) in [6, 6.07) is 18.0. The lowest BCUT2D eigenvalue weighted by atomic mass is 10.2. The average Bonchev–Trinajstić information content (AvgIpc) is 3.26. The summed E-state index contributed by atoms with van der Waals surface area (Å²) in [5.41, 5.74) is 3.74. The van der Waals surface area contributed by atoms with E-state index in [1.807, 2.05) is 59.4 Å². The van der Waals surface area contributed by atoms with Crippen molar-refractivity contribution in [3.8, 4) is 5.75 Å². The Bertz CT molecular complexity index is 1480. The largest absolute Gasteiger partial charge is 0.489 e. The van der Waals surface area contributed by atoms with Crippen molar-refractivity contribution in [3.05, 3.63) is 91.7 Å². The van der Waals surface area contributed by atoms with Crippen LogP contribution in [0.3, 0.4) is 0 Å². The Labute approximate surface area is 210 Å². The molecular formula is C28H29N7O. The highest BCUT2D eigenvalue weighted by Gasteiger charge is 2.15. The maximum absolute atomic E-state index is 6.34. The number of fused-ring (bicyclic) bond motifs is 2. The number of hydrogen-bond acceptors (Lipinski definition) is 7. The number of rotatable bonds is 10. The molecule has 0 bridgehead atoms. The number of benzene rings is 2. The zero-order chi connectivity index (χ0) is 24.9. The first-order valence-electron chi connectivity index (χ1n) is 11.9. The van der Waals surface area contributed by atoms with Crippen LogP contribution in [0.4, 0.5) is 11.5 Å². The summed E-state index contributed by atoms with van der Waals surface area (Å²) in [5, 5.41) is 9.92. The van der Waals surface area contributed by atoms with Crippen LogP contribution in [0, 0.1) is 0 Å². The van der Waals surface area contributed by atoms with Gasteiger partial charge in [-0.3, -0.25) is 14.6 Å². The van der Waals surface area contributed by atoms with Crippen molar-refractivity contribution < 1.29 is 4.74 Å². The third kappa shape index (κ3) is 5.18. The monoisotopic (exact) mass is 479 g/mol. The molecule has 0 aliphatic carbocycles. The first kappa shape index (κ1) is 23.4. The lowest BCUT2D eigenvalue weighted by Crippen LogP contribution is -2.31. The molecule has 0 saturated heterocycles. The van der Waals surface area contributed by atoms with Gasteiger partial charge < -0.3 is 10.1 Å². The summed E-state index contributed by atoms with van der Waals surface area (Å²) in [5.74, 6) is 1.45. The Morgan fingerprint density at radius 3 is 2.86 bits per heavy atom. The highest BCUT2D eigenvalue weighted by molar-refractivity contribution is 5.96. The molecule has 8 heteroatoms. The van der Waals surface area contributed by atoms with Crippen molar-refractivity contribution in [2.24, 2.45) is 0 Å². The van der Waals surface area contributed by atoms with Crippen molar-refractivity contribution in [3.63, 3.8) is 0 Å². The van der Waals surface area contributed by atoms with E-state index in [9.17, 15) is 0 Å². The van der Waals surface area contributed by atoms with Crippen molar-refractivity contribution in [2.45, 2.75) is 19.6 Å². The molecule has 8 nitrogen and oxygen atoms in total. The van der Waals surface area contributed by atoms with Gasteiger partial charge in [0.15, 0.2) is 0 Å². The molecule has 5 rings (SSSR count). The molecule has 0 radical (unpaired) electrons. The standard InChI is InChI=1S/C28H29N7O/c1-4-14-34(3)17-20(2)36-26-10-7-9-24-27(26)28(31-19-30-24)33-22-11-12-25-21(15-22)16-32-35(25)18-23-8-5-6-13-29-23/h4-13,15-16,19-20H,1,14,17-18H2,2-3H3,(H,30,31,33)/t20-/m1/s1. The fraction of sp³-hybridized carbons (Fsp3) is 0.214. The number of anilines is 2. The van der Waals surface area contributed by atoms with Gasteiger partial charge in [-0.2, -0.15) is 5.10 Å². The Morgan fingerprint density at radius 2 is 2.03 bits per heavy atom. The van der Waals surface area contributed by atoms with E-state index in [1.54, 1.807) is 12.5 Å². The molecule has 1 N–H and O–H groups in total. The number of nitrogens with one attached hydrogen (secondary N) is 1. The lowest BCUT2D eigenvalue weighted by Gasteiger charge is -2.22. The highest BCUT2D eigenvalue weighted by atomic mass is 16.5. The van der Waals surface area contributed by atoms with Crippen molar-refractivity contribution >= 4 is 33.3 Å². The third-order valence-corrected chi connectivity index (χ3v) is 5.90. The van der Waals surface area contributed by atoms with Gasteiger partial charge in [-0.1, -0.05) is 18.2 Å². The summed E-state index contributed by atoms with van der Waals surface area (Å²) in [4.78, 5) is 15.6. The normalized spacial score (nSPS) is 12.2. The van der Waals surface area contributed by atoms with Gasteiger partial charge in [0.2, 0.25) is 0 Å². The second-order valence-electron chi connectivity index (χ2n) is 8.83. The highest BCUT2D eigenvalue weighted by Crippen LogP contribution is 2.33. The lowest BCUT2D eigenvalue weighted by molar-refractivity contribution is 0.171. The minimum Gasteiger partial charge on any atom is -0.489 e. The van der Waals surface area contributed by atoms with E-state index in [2.05, 4.69) is 63.0 Å². The van der Waals surface area contributed by atoms with Crippen LogP contribution in [0.2, 0.25) is 0 Å². The third-order valence-electron chi connectivity index (χ3n) is 5.90. The van der Waals surface area contributed by atoms with Gasteiger partial charge in [-0.25, -0.2) is 9.97 Å². The first-order valence-corrected chi connectivity index (χ1v) is 11.9. The number of ether oxygens (including phenoxy) is 1. The smallest absolute Gasteiger partial charge is 0.145 e. The summed E-state index contributed by atoms with van der Waals surface area (Å²) in [6.07, 6.45) is 7.11. The molecule has 0 spiro atoms. The Balaban J connectivity index is 1.40. The molecule has 0 aliphatic rings. The molecule has 3 aromatic heterocycles. The fourth-order valence-electron chi connectivity index (χ4n) is 4.33. The minimum absolute atomic E-state index is 0.0186. The molecule has 0 aliphatic heterocycles. The molecule has 0 fully saturated rings. The van der Waals surface area contributed by atoms with Gasteiger partial charge in [0, 0.05) is 30.4 Å². The number of aromatic nitrogens is 5. The SMILES string of the molecule is C=CCN(C)C[C@@H](C)Oc1cccc2ncnc(Nc3ccc4c(cnn4Cc4ccccn4)c3)c12. The van der Waals surface area contributed by atoms with E-state index in [-0.39, 0.29) is 6.10 Å². The molecule has 5 aromatic rings. The Hall–Kier alpha value is -4.30. The number of pyridine rings is 1. The molecule has 0 saturated carbocycles. The van der Waals surface area contributed by atoms with Gasteiger partial charge in [0.25, 0.3) is 0 Å². The topological polar surface area (TPSA) is 81.0 Å². The number of nitrogens with zero attached hydrogens (tertiary/aromatic N) is 6. The molecule has 36 heavy (non-hydrogen) atoms. The Kier molecular flexibility index (Phi) is 6.86. The van der Waals surface area contributed by atoms with Crippen LogP contribution in [0.5, 0.6) is 5.75 Å². The van der Waals surface area contributed by atoms with Crippen molar-refractivity contribution in [1.82, 2.24) is 29.6 Å². The van der Waals surface area contributed by atoms with Crippen LogP contribution in [0.1, 0.15) is 12.6 Å². The maximum atomic E-state index is 6.34. The average molecular weight is 480 g/mol. The van der Waals surface area contributed by atoms with Gasteiger partial charge >= 0.3 is 0 Å². The number of hydrogen-bond donors (Lipinski definition) is 1. The van der Waals surface area contributed by atoms with Gasteiger partial charge in [-0.05, 0) is 56.4 Å².